The fraction of sp³-hybridized carbons (Fsp3) is 0.250. The SMILES string of the molecule is Cc1ccc([C@H](NCC(=O)N2c3ccccc3NC(=O)C[C@@H]2C)c2cccs2)cc1. The van der Waals surface area contributed by atoms with Crippen LogP contribution in [0.2, 0.25) is 0 Å². The van der Waals surface area contributed by atoms with Gasteiger partial charge in [-0.2, -0.15) is 0 Å². The Balaban J connectivity index is 1.57. The molecular formula is C24H25N3O2S. The summed E-state index contributed by atoms with van der Waals surface area (Å²) in [6.45, 7) is 4.15. The van der Waals surface area contributed by atoms with E-state index in [2.05, 4.69) is 47.9 Å². The summed E-state index contributed by atoms with van der Waals surface area (Å²) in [4.78, 5) is 28.4. The van der Waals surface area contributed by atoms with Crippen LogP contribution < -0.4 is 15.5 Å². The van der Waals surface area contributed by atoms with Crippen molar-refractivity contribution in [3.8, 4) is 0 Å². The summed E-state index contributed by atoms with van der Waals surface area (Å²) in [5.41, 5.74) is 3.74. The van der Waals surface area contributed by atoms with Gasteiger partial charge in [0.15, 0.2) is 0 Å². The molecule has 4 rings (SSSR count). The van der Waals surface area contributed by atoms with Gasteiger partial charge in [-0.15, -0.1) is 11.3 Å². The molecule has 5 nitrogen and oxygen atoms in total. The van der Waals surface area contributed by atoms with Crippen molar-refractivity contribution in [1.82, 2.24) is 5.32 Å². The number of hydrogen-bond acceptors (Lipinski definition) is 4. The van der Waals surface area contributed by atoms with Crippen LogP contribution in [0.4, 0.5) is 11.4 Å². The van der Waals surface area contributed by atoms with Crippen LogP contribution in [0.1, 0.15) is 35.4 Å². The lowest BCUT2D eigenvalue weighted by Crippen LogP contribution is -2.44. The minimum atomic E-state index is -0.220. The van der Waals surface area contributed by atoms with Crippen molar-refractivity contribution in [2.24, 2.45) is 0 Å². The molecule has 30 heavy (non-hydrogen) atoms. The number of benzene rings is 2. The Hall–Kier alpha value is -2.96. The molecule has 1 aliphatic heterocycles. The molecule has 0 saturated heterocycles. The lowest BCUT2D eigenvalue weighted by molar-refractivity contribution is -0.118. The van der Waals surface area contributed by atoms with Crippen LogP contribution in [0.15, 0.2) is 66.0 Å². The zero-order valence-corrected chi connectivity index (χ0v) is 17.9. The van der Waals surface area contributed by atoms with Gasteiger partial charge in [0.05, 0.1) is 24.0 Å². The first-order chi connectivity index (χ1) is 14.5. The first-order valence-electron chi connectivity index (χ1n) is 10.1. The zero-order valence-electron chi connectivity index (χ0n) is 17.1. The molecule has 0 radical (unpaired) electrons. The highest BCUT2D eigenvalue weighted by atomic mass is 32.1. The number of amides is 2. The molecule has 1 aliphatic rings. The van der Waals surface area contributed by atoms with E-state index in [4.69, 9.17) is 0 Å². The maximum absolute atomic E-state index is 13.3. The standard InChI is InChI=1S/C24H25N3O2S/c1-16-9-11-18(12-10-16)24(21-8-5-13-30-21)25-15-23(29)27-17(2)14-22(28)26-19-6-3-4-7-20(19)27/h3-13,17,24-25H,14-15H2,1-2H3,(H,26,28)/t17-,24-/m0/s1. The van der Waals surface area contributed by atoms with Gasteiger partial charge in [-0.3, -0.25) is 14.9 Å². The minimum absolute atomic E-state index is 0.0554. The van der Waals surface area contributed by atoms with E-state index in [0.29, 0.717) is 5.69 Å². The summed E-state index contributed by atoms with van der Waals surface area (Å²) in [7, 11) is 0. The third kappa shape index (κ3) is 4.30. The molecule has 2 heterocycles. The van der Waals surface area contributed by atoms with Crippen molar-refractivity contribution in [1.29, 1.82) is 0 Å². The van der Waals surface area contributed by atoms with Gasteiger partial charge in [0, 0.05) is 17.3 Å². The van der Waals surface area contributed by atoms with Crippen molar-refractivity contribution in [3.63, 3.8) is 0 Å². The van der Waals surface area contributed by atoms with Gasteiger partial charge in [-0.1, -0.05) is 48.0 Å². The molecule has 2 amide bonds. The maximum atomic E-state index is 13.3. The van der Waals surface area contributed by atoms with E-state index in [9.17, 15) is 9.59 Å². The molecule has 3 aromatic rings. The number of hydrogen-bond donors (Lipinski definition) is 2. The number of carbonyl (C=O) groups excluding carboxylic acids is 2. The lowest BCUT2D eigenvalue weighted by atomic mass is 10.0. The van der Waals surface area contributed by atoms with Gasteiger partial charge in [0.25, 0.3) is 0 Å². The van der Waals surface area contributed by atoms with Gasteiger partial charge >= 0.3 is 0 Å². The Morgan fingerprint density at radius 2 is 1.93 bits per heavy atom. The van der Waals surface area contributed by atoms with E-state index >= 15 is 0 Å². The summed E-state index contributed by atoms with van der Waals surface area (Å²) in [6.07, 6.45) is 0.271. The molecule has 154 valence electrons. The van der Waals surface area contributed by atoms with Crippen LogP contribution >= 0.6 is 11.3 Å². The van der Waals surface area contributed by atoms with E-state index < -0.39 is 0 Å². The van der Waals surface area contributed by atoms with Crippen LogP contribution in [0, 0.1) is 6.92 Å². The Bertz CT molecular complexity index is 1030. The van der Waals surface area contributed by atoms with Gasteiger partial charge in [-0.25, -0.2) is 0 Å². The predicted molar refractivity (Wildman–Crippen MR) is 122 cm³/mol. The Morgan fingerprint density at radius 3 is 2.67 bits per heavy atom. The number of anilines is 2. The third-order valence-electron chi connectivity index (χ3n) is 5.32. The van der Waals surface area contributed by atoms with E-state index in [1.54, 1.807) is 16.2 Å². The lowest BCUT2D eigenvalue weighted by Gasteiger charge is -2.29. The number of fused-ring (bicyclic) bond motifs is 1. The van der Waals surface area contributed by atoms with Crippen molar-refractivity contribution < 1.29 is 9.59 Å². The van der Waals surface area contributed by atoms with Gasteiger partial charge in [0.2, 0.25) is 11.8 Å². The van der Waals surface area contributed by atoms with Crippen molar-refractivity contribution >= 4 is 34.5 Å². The molecule has 1 aromatic heterocycles. The quantitative estimate of drug-likeness (QED) is 0.640. The number of aryl methyl sites for hydroxylation is 1. The average molecular weight is 420 g/mol. The van der Waals surface area contributed by atoms with Gasteiger partial charge in [0.1, 0.15) is 0 Å². The molecule has 0 fully saturated rings. The van der Waals surface area contributed by atoms with Crippen molar-refractivity contribution in [2.75, 3.05) is 16.8 Å². The number of nitrogens with one attached hydrogen (secondary N) is 2. The second-order valence-corrected chi connectivity index (χ2v) is 8.60. The maximum Gasteiger partial charge on any atom is 0.241 e. The monoisotopic (exact) mass is 419 g/mol. The van der Waals surface area contributed by atoms with E-state index in [1.165, 1.54) is 5.56 Å². The summed E-state index contributed by atoms with van der Waals surface area (Å²) in [5.74, 6) is -0.130. The fourth-order valence-electron chi connectivity index (χ4n) is 3.84. The Morgan fingerprint density at radius 1 is 1.17 bits per heavy atom. The van der Waals surface area contributed by atoms with Gasteiger partial charge < -0.3 is 10.2 Å². The fourth-order valence-corrected chi connectivity index (χ4v) is 4.67. The summed E-state index contributed by atoms with van der Waals surface area (Å²) in [6, 6.07) is 19.7. The second-order valence-electron chi connectivity index (χ2n) is 7.62. The third-order valence-corrected chi connectivity index (χ3v) is 6.26. The molecule has 2 aromatic carbocycles. The van der Waals surface area contributed by atoms with Crippen LogP contribution in [0.5, 0.6) is 0 Å². The zero-order chi connectivity index (χ0) is 21.1. The van der Waals surface area contributed by atoms with Gasteiger partial charge in [-0.05, 0) is 43.0 Å². The summed E-state index contributed by atoms with van der Waals surface area (Å²) >= 11 is 1.67. The molecule has 0 unspecified atom stereocenters. The average Bonchev–Trinajstić information content (AvgIpc) is 3.21. The largest absolute Gasteiger partial charge is 0.324 e. The summed E-state index contributed by atoms with van der Waals surface area (Å²) in [5, 5.41) is 8.40. The molecule has 6 heteroatoms. The summed E-state index contributed by atoms with van der Waals surface area (Å²) < 4.78 is 0. The van der Waals surface area contributed by atoms with E-state index in [1.807, 2.05) is 42.6 Å². The minimum Gasteiger partial charge on any atom is -0.324 e. The first kappa shape index (κ1) is 20.3. The first-order valence-corrected chi connectivity index (χ1v) is 10.9. The molecule has 2 N–H and O–H groups in total. The van der Waals surface area contributed by atoms with Crippen molar-refractivity contribution in [3.05, 3.63) is 82.0 Å². The highest BCUT2D eigenvalue weighted by Gasteiger charge is 2.30. The van der Waals surface area contributed by atoms with E-state index in [0.717, 1.165) is 16.1 Å². The van der Waals surface area contributed by atoms with Crippen molar-refractivity contribution in [2.45, 2.75) is 32.4 Å². The van der Waals surface area contributed by atoms with E-state index in [-0.39, 0.29) is 36.9 Å². The Kier molecular flexibility index (Phi) is 5.97. The van der Waals surface area contributed by atoms with Crippen LogP contribution in [-0.2, 0) is 9.59 Å². The highest BCUT2D eigenvalue weighted by Crippen LogP contribution is 2.32. The molecule has 0 spiro atoms. The molecule has 0 bridgehead atoms. The highest BCUT2D eigenvalue weighted by molar-refractivity contribution is 7.10. The number of para-hydroxylation sites is 2. The predicted octanol–water partition coefficient (Wildman–Crippen LogP) is 4.50. The molecule has 2 atom stereocenters. The molecule has 0 saturated carbocycles. The van der Waals surface area contributed by atoms with Crippen LogP contribution in [0.3, 0.4) is 0 Å². The number of rotatable bonds is 5. The second kappa shape index (κ2) is 8.81. The Labute approximate surface area is 180 Å². The topological polar surface area (TPSA) is 61.4 Å². The smallest absolute Gasteiger partial charge is 0.241 e. The van der Waals surface area contributed by atoms with Crippen LogP contribution in [-0.4, -0.2) is 24.4 Å². The number of nitrogens with zero attached hydrogens (tertiary/aromatic N) is 1. The molecular weight excluding hydrogens is 394 g/mol. The molecule has 0 aliphatic carbocycles. The number of thiophene rings is 1. The van der Waals surface area contributed by atoms with Crippen LogP contribution in [0.25, 0.3) is 0 Å². The number of carbonyl (C=O) groups is 2. The normalized spacial score (nSPS) is 17.1.